The Morgan fingerprint density at radius 1 is 1.06 bits per heavy atom. The van der Waals surface area contributed by atoms with Crippen LogP contribution in [0.3, 0.4) is 0 Å². The number of carbonyl (C=O) groups excluding carboxylic acids is 2. The number of rotatable bonds is 7. The topological polar surface area (TPSA) is 66.7 Å². The third kappa shape index (κ3) is 6.44. The molecule has 31 heavy (non-hydrogen) atoms. The van der Waals surface area contributed by atoms with Crippen LogP contribution in [-0.4, -0.2) is 48.5 Å². The Kier molecular flexibility index (Phi) is 7.49. The Hall–Kier alpha value is -3.10. The lowest BCUT2D eigenvalue weighted by Crippen LogP contribution is -2.31. The highest BCUT2D eigenvalue weighted by molar-refractivity contribution is 7.09. The van der Waals surface area contributed by atoms with E-state index in [9.17, 15) is 14.0 Å². The lowest BCUT2D eigenvalue weighted by atomic mass is 10.1. The van der Waals surface area contributed by atoms with Crippen LogP contribution >= 0.6 is 11.3 Å². The number of thiazole rings is 1. The van der Waals surface area contributed by atoms with Crippen LogP contribution in [0.5, 0.6) is 0 Å². The maximum Gasteiger partial charge on any atom is 0.279 e. The second-order valence-corrected chi connectivity index (χ2v) is 8.65. The number of hydrogen-bond acceptors (Lipinski definition) is 4. The van der Waals surface area contributed by atoms with Crippen LogP contribution in [0.15, 0.2) is 59.7 Å². The number of aromatic nitrogens is 1. The molecule has 0 bridgehead atoms. The van der Waals surface area contributed by atoms with Gasteiger partial charge in [0.25, 0.3) is 11.8 Å². The monoisotopic (exact) mass is 440 g/mol. The second kappa shape index (κ2) is 10.3. The van der Waals surface area contributed by atoms with Gasteiger partial charge in [-0.2, -0.15) is 4.99 Å². The van der Waals surface area contributed by atoms with Gasteiger partial charge in [-0.25, -0.2) is 4.39 Å². The molecule has 0 aliphatic heterocycles. The number of nitrogens with one attached hydrogen (secondary N) is 1. The minimum atomic E-state index is -0.416. The molecule has 2 amide bonds. The van der Waals surface area contributed by atoms with Crippen LogP contribution in [0.2, 0.25) is 0 Å². The van der Waals surface area contributed by atoms with Crippen LogP contribution in [-0.2, 0) is 6.54 Å². The van der Waals surface area contributed by atoms with E-state index in [4.69, 9.17) is 0 Å². The summed E-state index contributed by atoms with van der Waals surface area (Å²) in [5.74, 6) is -0.915. The van der Waals surface area contributed by atoms with E-state index in [0.29, 0.717) is 29.0 Å². The highest BCUT2D eigenvalue weighted by atomic mass is 32.1. The minimum Gasteiger partial charge on any atom is -0.351 e. The zero-order valence-corrected chi connectivity index (χ0v) is 18.6. The first kappa shape index (κ1) is 22.6. The fraction of sp³-hybridized carbons (Fsp3) is 0.261. The molecule has 0 fully saturated rings. The lowest BCUT2D eigenvalue weighted by Gasteiger charge is -2.10. The zero-order chi connectivity index (χ0) is 22.4. The molecule has 8 heteroatoms. The number of carbonyl (C=O) groups is 2. The van der Waals surface area contributed by atoms with Crippen molar-refractivity contribution in [3.8, 4) is 0 Å². The molecule has 0 aliphatic rings. The van der Waals surface area contributed by atoms with Gasteiger partial charge >= 0.3 is 0 Å². The van der Waals surface area contributed by atoms with Crippen molar-refractivity contribution in [2.75, 3.05) is 27.2 Å². The summed E-state index contributed by atoms with van der Waals surface area (Å²) in [6, 6.07) is 12.7. The van der Waals surface area contributed by atoms with Gasteiger partial charge in [-0.15, -0.1) is 11.3 Å². The number of aryl methyl sites for hydroxylation is 1. The molecule has 1 N–H and O–H groups in total. The molecule has 162 valence electrons. The van der Waals surface area contributed by atoms with Gasteiger partial charge in [0.05, 0.1) is 0 Å². The van der Waals surface area contributed by atoms with E-state index >= 15 is 0 Å². The fourth-order valence-corrected chi connectivity index (χ4v) is 3.73. The van der Waals surface area contributed by atoms with Gasteiger partial charge in [0.15, 0.2) is 4.80 Å². The summed E-state index contributed by atoms with van der Waals surface area (Å²) in [6.07, 6.45) is 1.93. The first-order valence-electron chi connectivity index (χ1n) is 9.85. The third-order valence-corrected chi connectivity index (χ3v) is 5.47. The molecule has 2 aromatic carbocycles. The summed E-state index contributed by atoms with van der Waals surface area (Å²) in [5, 5.41) is 2.89. The fourth-order valence-electron chi connectivity index (χ4n) is 2.90. The van der Waals surface area contributed by atoms with Crippen molar-refractivity contribution in [2.24, 2.45) is 4.99 Å². The zero-order valence-electron chi connectivity index (χ0n) is 17.8. The van der Waals surface area contributed by atoms with Crippen molar-refractivity contribution < 1.29 is 14.0 Å². The third-order valence-electron chi connectivity index (χ3n) is 4.54. The van der Waals surface area contributed by atoms with Crippen molar-refractivity contribution in [1.29, 1.82) is 0 Å². The Morgan fingerprint density at radius 3 is 2.35 bits per heavy atom. The van der Waals surface area contributed by atoms with Crippen molar-refractivity contribution in [3.63, 3.8) is 0 Å². The molecule has 1 heterocycles. The van der Waals surface area contributed by atoms with Crippen molar-refractivity contribution in [2.45, 2.75) is 13.5 Å². The predicted octanol–water partition coefficient (Wildman–Crippen LogP) is 3.08. The smallest absolute Gasteiger partial charge is 0.279 e. The maximum absolute atomic E-state index is 13.1. The summed E-state index contributed by atoms with van der Waals surface area (Å²) in [7, 11) is 3.91. The molecule has 0 aliphatic carbocycles. The van der Waals surface area contributed by atoms with Crippen LogP contribution in [0.1, 0.15) is 31.2 Å². The van der Waals surface area contributed by atoms with E-state index in [1.807, 2.05) is 48.8 Å². The highest BCUT2D eigenvalue weighted by Crippen LogP contribution is 2.10. The second-order valence-electron chi connectivity index (χ2n) is 7.43. The Bertz CT molecular complexity index is 1120. The van der Waals surface area contributed by atoms with Gasteiger partial charge in [0.1, 0.15) is 5.82 Å². The summed E-state index contributed by atoms with van der Waals surface area (Å²) >= 11 is 1.41. The number of nitrogens with zero attached hydrogens (tertiary/aromatic N) is 3. The number of halogens is 1. The molecule has 3 rings (SSSR count). The summed E-state index contributed by atoms with van der Waals surface area (Å²) in [4.78, 5) is 32.5. The van der Waals surface area contributed by atoms with Crippen LogP contribution < -0.4 is 10.1 Å². The average molecular weight is 441 g/mol. The molecule has 3 aromatic rings. The maximum atomic E-state index is 13.1. The summed E-state index contributed by atoms with van der Waals surface area (Å²) < 4.78 is 15.0. The summed E-state index contributed by atoms with van der Waals surface area (Å²) in [6.45, 7) is 3.83. The largest absolute Gasteiger partial charge is 0.351 e. The van der Waals surface area contributed by atoms with Gasteiger partial charge in [0, 0.05) is 41.8 Å². The molecule has 0 saturated carbocycles. The highest BCUT2D eigenvalue weighted by Gasteiger charge is 2.08. The van der Waals surface area contributed by atoms with Gasteiger partial charge in [0.2, 0.25) is 0 Å². The van der Waals surface area contributed by atoms with Crippen molar-refractivity contribution in [1.82, 2.24) is 14.8 Å². The normalized spacial score (nSPS) is 11.7. The molecule has 0 spiro atoms. The predicted molar refractivity (Wildman–Crippen MR) is 120 cm³/mol. The van der Waals surface area contributed by atoms with E-state index in [0.717, 1.165) is 17.0 Å². The quantitative estimate of drug-likeness (QED) is 0.614. The SMILES string of the molecule is Cc1cn(Cc2ccc(C(=O)NCCN(C)C)cc2)c(=NC(=O)c2ccc(F)cc2)s1. The first-order chi connectivity index (χ1) is 14.8. The number of hydrogen-bond donors (Lipinski definition) is 1. The van der Waals surface area contributed by atoms with Gasteiger partial charge < -0.3 is 14.8 Å². The lowest BCUT2D eigenvalue weighted by molar-refractivity contribution is 0.0949. The molecular formula is C23H25FN4O2S. The van der Waals surface area contributed by atoms with E-state index in [-0.39, 0.29) is 5.91 Å². The molecule has 0 saturated heterocycles. The molecule has 6 nitrogen and oxygen atoms in total. The standard InChI is InChI=1S/C23H25FN4O2S/c1-16-14-28(23(31-16)26-22(30)19-8-10-20(24)11-9-19)15-17-4-6-18(7-5-17)21(29)25-12-13-27(2)3/h4-11,14H,12-13,15H2,1-3H3,(H,25,29). The molecule has 0 atom stereocenters. The van der Waals surface area contributed by atoms with E-state index in [1.54, 1.807) is 12.1 Å². The summed E-state index contributed by atoms with van der Waals surface area (Å²) in [5.41, 5.74) is 1.92. The number of amides is 2. The number of likely N-dealkylation sites (N-methyl/N-ethyl adjacent to an activating group) is 1. The Morgan fingerprint density at radius 2 is 1.71 bits per heavy atom. The molecular weight excluding hydrogens is 415 g/mol. The van der Waals surface area contributed by atoms with Crippen LogP contribution in [0.25, 0.3) is 0 Å². The molecule has 0 radical (unpaired) electrons. The average Bonchev–Trinajstić information content (AvgIpc) is 3.07. The minimum absolute atomic E-state index is 0.104. The van der Waals surface area contributed by atoms with Crippen molar-refractivity contribution in [3.05, 3.63) is 86.9 Å². The van der Waals surface area contributed by atoms with Crippen molar-refractivity contribution >= 4 is 23.2 Å². The number of benzene rings is 2. The van der Waals surface area contributed by atoms with E-state index in [2.05, 4.69) is 10.3 Å². The van der Waals surface area contributed by atoms with Gasteiger partial charge in [-0.3, -0.25) is 9.59 Å². The van der Waals surface area contributed by atoms with Gasteiger partial charge in [-0.1, -0.05) is 12.1 Å². The van der Waals surface area contributed by atoms with Crippen LogP contribution in [0.4, 0.5) is 4.39 Å². The Labute approximate surface area is 184 Å². The van der Waals surface area contributed by atoms with E-state index in [1.165, 1.54) is 35.6 Å². The molecule has 0 unspecified atom stereocenters. The van der Waals surface area contributed by atoms with Crippen LogP contribution in [0, 0.1) is 12.7 Å². The van der Waals surface area contributed by atoms with Gasteiger partial charge in [-0.05, 0) is 63.0 Å². The first-order valence-corrected chi connectivity index (χ1v) is 10.7. The Balaban J connectivity index is 1.72. The van der Waals surface area contributed by atoms with E-state index < -0.39 is 11.7 Å². The molecule has 1 aromatic heterocycles.